The van der Waals surface area contributed by atoms with Crippen LogP contribution in [-0.2, 0) is 4.79 Å². The lowest BCUT2D eigenvalue weighted by Crippen LogP contribution is -2.41. The highest BCUT2D eigenvalue weighted by atomic mass is 35.5. The van der Waals surface area contributed by atoms with E-state index in [9.17, 15) is 14.4 Å². The van der Waals surface area contributed by atoms with Gasteiger partial charge in [-0.3, -0.25) is 19.3 Å². The molecular formula is C14H13ClN2O3S. The first-order valence-electron chi connectivity index (χ1n) is 6.60. The fourth-order valence-corrected chi connectivity index (χ4v) is 3.53. The van der Waals surface area contributed by atoms with Crippen molar-refractivity contribution in [3.8, 4) is 0 Å². The van der Waals surface area contributed by atoms with Gasteiger partial charge in [0.1, 0.15) is 0 Å². The molecule has 0 N–H and O–H groups in total. The van der Waals surface area contributed by atoms with Gasteiger partial charge in [0.2, 0.25) is 5.91 Å². The van der Waals surface area contributed by atoms with E-state index in [1.54, 1.807) is 29.2 Å². The smallest absolute Gasteiger partial charge is 0.289 e. The van der Waals surface area contributed by atoms with Crippen LogP contribution in [0, 0.1) is 0 Å². The molecule has 0 spiro atoms. The molecule has 7 heteroatoms. The van der Waals surface area contributed by atoms with Gasteiger partial charge in [-0.25, -0.2) is 0 Å². The zero-order chi connectivity index (χ0) is 15.0. The maximum Gasteiger partial charge on any atom is 0.289 e. The molecule has 2 saturated heterocycles. The van der Waals surface area contributed by atoms with Crippen LogP contribution in [0.15, 0.2) is 24.3 Å². The molecule has 1 atom stereocenters. The van der Waals surface area contributed by atoms with Crippen molar-refractivity contribution in [2.24, 2.45) is 0 Å². The van der Waals surface area contributed by atoms with Gasteiger partial charge in [-0.2, -0.15) is 0 Å². The molecule has 2 aliphatic heterocycles. The van der Waals surface area contributed by atoms with Crippen LogP contribution in [-0.4, -0.2) is 51.7 Å². The highest BCUT2D eigenvalue weighted by Crippen LogP contribution is 2.27. The third-order valence-corrected chi connectivity index (χ3v) is 4.78. The van der Waals surface area contributed by atoms with Crippen molar-refractivity contribution < 1.29 is 14.4 Å². The number of imide groups is 1. The summed E-state index contributed by atoms with van der Waals surface area (Å²) in [6, 6.07) is 6.51. The number of carbonyl (C=O) groups is 3. The summed E-state index contributed by atoms with van der Waals surface area (Å²) in [5.74, 6) is -0.0443. The van der Waals surface area contributed by atoms with Crippen LogP contribution in [0.4, 0.5) is 4.79 Å². The molecule has 5 nitrogen and oxygen atoms in total. The molecule has 0 radical (unpaired) electrons. The number of amides is 3. The van der Waals surface area contributed by atoms with Crippen LogP contribution in [0.5, 0.6) is 0 Å². The summed E-state index contributed by atoms with van der Waals surface area (Å²) in [5.41, 5.74) is 0.563. The Labute approximate surface area is 131 Å². The summed E-state index contributed by atoms with van der Waals surface area (Å²) in [4.78, 5) is 38.8. The number of benzene rings is 1. The van der Waals surface area contributed by atoms with Crippen LogP contribution in [0.1, 0.15) is 16.8 Å². The molecule has 110 valence electrons. The van der Waals surface area contributed by atoms with Crippen LogP contribution in [0.2, 0.25) is 5.02 Å². The maximum absolute atomic E-state index is 12.4. The Morgan fingerprint density at radius 2 is 1.95 bits per heavy atom. The van der Waals surface area contributed by atoms with E-state index >= 15 is 0 Å². The second-order valence-corrected chi connectivity index (χ2v) is 6.38. The molecule has 1 aromatic rings. The average Bonchev–Trinajstić information content (AvgIpc) is 3.06. The zero-order valence-corrected chi connectivity index (χ0v) is 12.7. The van der Waals surface area contributed by atoms with Gasteiger partial charge in [0, 0.05) is 23.7 Å². The number of hydrogen-bond acceptors (Lipinski definition) is 4. The second kappa shape index (κ2) is 5.69. The number of rotatable bonds is 2. The minimum absolute atomic E-state index is 0.0964. The zero-order valence-electron chi connectivity index (χ0n) is 11.1. The Bertz CT molecular complexity index is 589. The summed E-state index contributed by atoms with van der Waals surface area (Å²) in [6.07, 6.45) is 0.636. The van der Waals surface area contributed by atoms with Crippen LogP contribution in [0.25, 0.3) is 0 Å². The molecule has 3 rings (SSSR count). The fraction of sp³-hybridized carbons (Fsp3) is 0.357. The predicted octanol–water partition coefficient (Wildman–Crippen LogP) is 2.25. The molecule has 1 aromatic carbocycles. The van der Waals surface area contributed by atoms with E-state index in [0.717, 1.165) is 11.8 Å². The Morgan fingerprint density at radius 1 is 1.24 bits per heavy atom. The Kier molecular flexibility index (Phi) is 3.91. The third kappa shape index (κ3) is 2.78. The normalized spacial score (nSPS) is 22.2. The van der Waals surface area contributed by atoms with Crippen molar-refractivity contribution in [2.75, 3.05) is 18.8 Å². The molecule has 0 aromatic heterocycles. The standard InChI is InChI=1S/C14H13ClN2O3S/c15-10-3-1-9(2-4-10)13(19)16-6-5-11(7-16)17-12(18)8-21-14(17)20/h1-4,11H,5-8H2/t11-/m1/s1. The lowest BCUT2D eigenvalue weighted by Gasteiger charge is -2.22. The largest absolute Gasteiger partial charge is 0.336 e. The number of thioether (sulfide) groups is 1. The molecule has 21 heavy (non-hydrogen) atoms. The first-order chi connectivity index (χ1) is 10.1. The SMILES string of the molecule is O=C(c1ccc(Cl)cc1)N1CC[C@@H](N2C(=O)CSC2=O)C1. The Balaban J connectivity index is 1.69. The highest BCUT2D eigenvalue weighted by Gasteiger charge is 2.40. The Hall–Kier alpha value is -1.53. The monoisotopic (exact) mass is 324 g/mol. The van der Waals surface area contributed by atoms with Gasteiger partial charge >= 0.3 is 0 Å². The van der Waals surface area contributed by atoms with Crippen LogP contribution in [0.3, 0.4) is 0 Å². The minimum atomic E-state index is -0.203. The number of likely N-dealkylation sites (tertiary alicyclic amines) is 1. The minimum Gasteiger partial charge on any atom is -0.336 e. The Morgan fingerprint density at radius 3 is 2.57 bits per heavy atom. The molecule has 0 unspecified atom stereocenters. The first-order valence-corrected chi connectivity index (χ1v) is 7.96. The lowest BCUT2D eigenvalue weighted by atomic mass is 10.2. The van der Waals surface area contributed by atoms with Crippen molar-refractivity contribution in [2.45, 2.75) is 12.5 Å². The summed E-state index contributed by atoms with van der Waals surface area (Å²) >= 11 is 6.84. The fourth-order valence-electron chi connectivity index (χ4n) is 2.63. The van der Waals surface area contributed by atoms with Gasteiger partial charge in [-0.1, -0.05) is 23.4 Å². The van der Waals surface area contributed by atoms with Crippen molar-refractivity contribution in [1.82, 2.24) is 9.80 Å². The van der Waals surface area contributed by atoms with Crippen LogP contribution < -0.4 is 0 Å². The molecule has 3 amide bonds. The van der Waals surface area contributed by atoms with E-state index in [-0.39, 0.29) is 28.8 Å². The second-order valence-electron chi connectivity index (χ2n) is 5.02. The maximum atomic E-state index is 12.4. The van der Waals surface area contributed by atoms with E-state index in [1.165, 1.54) is 4.90 Å². The molecule has 2 aliphatic rings. The van der Waals surface area contributed by atoms with Crippen LogP contribution >= 0.6 is 23.4 Å². The van der Waals surface area contributed by atoms with E-state index in [4.69, 9.17) is 11.6 Å². The topological polar surface area (TPSA) is 57.7 Å². The number of hydrogen-bond donors (Lipinski definition) is 0. The van der Waals surface area contributed by atoms with Crippen molar-refractivity contribution >= 4 is 40.4 Å². The molecule has 2 heterocycles. The van der Waals surface area contributed by atoms with E-state index in [2.05, 4.69) is 0 Å². The predicted molar refractivity (Wildman–Crippen MR) is 80.5 cm³/mol. The van der Waals surface area contributed by atoms with Gasteiger partial charge < -0.3 is 4.90 Å². The molecule has 0 saturated carbocycles. The highest BCUT2D eigenvalue weighted by molar-refractivity contribution is 8.14. The average molecular weight is 325 g/mol. The van der Waals surface area contributed by atoms with Crippen molar-refractivity contribution in [1.29, 1.82) is 0 Å². The van der Waals surface area contributed by atoms with Gasteiger partial charge in [0.25, 0.3) is 11.1 Å². The van der Waals surface area contributed by atoms with Crippen molar-refractivity contribution in [3.05, 3.63) is 34.9 Å². The van der Waals surface area contributed by atoms with Gasteiger partial charge in [0.15, 0.2) is 0 Å². The molecule has 0 aliphatic carbocycles. The summed E-state index contributed by atoms with van der Waals surface area (Å²) in [7, 11) is 0. The number of carbonyl (C=O) groups excluding carboxylic acids is 3. The van der Waals surface area contributed by atoms with Gasteiger partial charge in [0.05, 0.1) is 11.8 Å². The summed E-state index contributed by atoms with van der Waals surface area (Å²) < 4.78 is 0. The quantitative estimate of drug-likeness (QED) is 0.837. The summed E-state index contributed by atoms with van der Waals surface area (Å²) in [5, 5.41) is 0.377. The summed E-state index contributed by atoms with van der Waals surface area (Å²) in [6.45, 7) is 0.952. The molecule has 2 fully saturated rings. The van der Waals surface area contributed by atoms with Gasteiger partial charge in [-0.05, 0) is 30.7 Å². The lowest BCUT2D eigenvalue weighted by molar-refractivity contribution is -0.126. The van der Waals surface area contributed by atoms with E-state index in [1.807, 2.05) is 0 Å². The number of nitrogens with zero attached hydrogens (tertiary/aromatic N) is 2. The van der Waals surface area contributed by atoms with E-state index < -0.39 is 0 Å². The van der Waals surface area contributed by atoms with E-state index in [0.29, 0.717) is 30.1 Å². The van der Waals surface area contributed by atoms with Gasteiger partial charge in [-0.15, -0.1) is 0 Å². The molecular weight excluding hydrogens is 312 g/mol. The third-order valence-electron chi connectivity index (χ3n) is 3.69. The molecule has 0 bridgehead atoms. The number of halogens is 1. The van der Waals surface area contributed by atoms with Crippen molar-refractivity contribution in [3.63, 3.8) is 0 Å². The first kappa shape index (κ1) is 14.4.